The molecule has 0 radical (unpaired) electrons. The molecule has 1 unspecified atom stereocenters. The van der Waals surface area contributed by atoms with E-state index < -0.39 is 0 Å². The molecule has 1 saturated heterocycles. The first kappa shape index (κ1) is 18.2. The lowest BCUT2D eigenvalue weighted by atomic mass is 10.1. The highest BCUT2D eigenvalue weighted by Gasteiger charge is 2.28. The van der Waals surface area contributed by atoms with Gasteiger partial charge in [-0.2, -0.15) is 10.2 Å². The normalized spacial score (nSPS) is 17.0. The number of hydrogen-bond acceptors (Lipinski definition) is 4. The molecule has 1 aliphatic rings. The summed E-state index contributed by atoms with van der Waals surface area (Å²) in [7, 11) is 0. The van der Waals surface area contributed by atoms with E-state index >= 15 is 0 Å². The summed E-state index contributed by atoms with van der Waals surface area (Å²) in [5, 5.41) is 14.5. The minimum Gasteiger partial charge on any atom is -0.352 e. The minimum atomic E-state index is -0.128. The Kier molecular flexibility index (Phi) is 5.11. The van der Waals surface area contributed by atoms with Crippen LogP contribution in [0.1, 0.15) is 54.3 Å². The largest absolute Gasteiger partial charge is 0.352 e. The lowest BCUT2D eigenvalue weighted by Crippen LogP contribution is -2.45. The Morgan fingerprint density at radius 1 is 1.38 bits per heavy atom. The molecular weight excluding hydrogens is 332 g/mol. The number of aromatic nitrogens is 4. The number of H-pyrrole nitrogens is 1. The van der Waals surface area contributed by atoms with Gasteiger partial charge in [0.15, 0.2) is 0 Å². The molecule has 2 aromatic heterocycles. The molecule has 8 nitrogen and oxygen atoms in total. The van der Waals surface area contributed by atoms with E-state index in [1.165, 1.54) is 0 Å². The zero-order valence-corrected chi connectivity index (χ0v) is 15.7. The molecule has 1 aliphatic heterocycles. The molecule has 1 fully saturated rings. The third kappa shape index (κ3) is 3.95. The van der Waals surface area contributed by atoms with Crippen LogP contribution in [0.25, 0.3) is 0 Å². The van der Waals surface area contributed by atoms with Gasteiger partial charge >= 0.3 is 0 Å². The third-order valence-electron chi connectivity index (χ3n) is 4.66. The molecular formula is C18H26N6O2. The van der Waals surface area contributed by atoms with Gasteiger partial charge in [0.25, 0.3) is 5.91 Å². The molecule has 0 bridgehead atoms. The van der Waals surface area contributed by atoms with Crippen LogP contribution in [-0.4, -0.2) is 55.3 Å². The van der Waals surface area contributed by atoms with E-state index in [-0.39, 0.29) is 23.9 Å². The second-order valence-corrected chi connectivity index (χ2v) is 7.22. The molecule has 2 aromatic rings. The maximum absolute atomic E-state index is 12.9. The van der Waals surface area contributed by atoms with Gasteiger partial charge in [0, 0.05) is 30.7 Å². The van der Waals surface area contributed by atoms with Crippen molar-refractivity contribution in [3.05, 3.63) is 34.9 Å². The highest BCUT2D eigenvalue weighted by molar-refractivity contribution is 5.92. The lowest BCUT2D eigenvalue weighted by Gasteiger charge is -2.28. The van der Waals surface area contributed by atoms with Gasteiger partial charge in [0.1, 0.15) is 5.69 Å². The summed E-state index contributed by atoms with van der Waals surface area (Å²) in [5.74, 6) is -0.0740. The number of amides is 2. The molecule has 0 aliphatic carbocycles. The summed E-state index contributed by atoms with van der Waals surface area (Å²) in [6.45, 7) is 8.94. The molecule has 1 atom stereocenters. The maximum Gasteiger partial charge on any atom is 0.274 e. The summed E-state index contributed by atoms with van der Waals surface area (Å²) >= 11 is 0. The average molecular weight is 358 g/mol. The SMILES string of the molecule is Cc1cc(C)n(Cc2cc(C(=O)N(CC3CCC(=O)N3)C(C)C)n[nH]2)n1. The highest BCUT2D eigenvalue weighted by atomic mass is 16.2. The van der Waals surface area contributed by atoms with Gasteiger partial charge in [0.2, 0.25) is 5.91 Å². The van der Waals surface area contributed by atoms with Crippen LogP contribution in [0.3, 0.4) is 0 Å². The van der Waals surface area contributed by atoms with Gasteiger partial charge in [-0.3, -0.25) is 19.4 Å². The van der Waals surface area contributed by atoms with Crippen LogP contribution in [0.4, 0.5) is 0 Å². The molecule has 8 heteroatoms. The Morgan fingerprint density at radius 2 is 2.15 bits per heavy atom. The van der Waals surface area contributed by atoms with Crippen molar-refractivity contribution in [2.45, 2.75) is 59.2 Å². The van der Waals surface area contributed by atoms with E-state index in [9.17, 15) is 9.59 Å². The van der Waals surface area contributed by atoms with Crippen LogP contribution in [0.2, 0.25) is 0 Å². The molecule has 0 aromatic carbocycles. The Labute approximate surface area is 152 Å². The van der Waals surface area contributed by atoms with Gasteiger partial charge in [-0.05, 0) is 46.2 Å². The van der Waals surface area contributed by atoms with Crippen LogP contribution < -0.4 is 5.32 Å². The van der Waals surface area contributed by atoms with Crippen molar-refractivity contribution < 1.29 is 9.59 Å². The van der Waals surface area contributed by atoms with Crippen LogP contribution in [0.5, 0.6) is 0 Å². The lowest BCUT2D eigenvalue weighted by molar-refractivity contribution is -0.119. The highest BCUT2D eigenvalue weighted by Crippen LogP contribution is 2.14. The number of carbonyl (C=O) groups is 2. The molecule has 140 valence electrons. The van der Waals surface area contributed by atoms with Crippen LogP contribution in [0.15, 0.2) is 12.1 Å². The Balaban J connectivity index is 1.70. The minimum absolute atomic E-state index is 0.0157. The number of aromatic amines is 1. The summed E-state index contributed by atoms with van der Waals surface area (Å²) in [6, 6.07) is 3.83. The van der Waals surface area contributed by atoms with Crippen molar-refractivity contribution in [2.75, 3.05) is 6.54 Å². The first-order valence-electron chi connectivity index (χ1n) is 8.99. The van der Waals surface area contributed by atoms with Gasteiger partial charge in [-0.25, -0.2) is 0 Å². The maximum atomic E-state index is 12.9. The molecule has 0 saturated carbocycles. The molecule has 2 amide bonds. The topological polar surface area (TPSA) is 95.9 Å². The molecule has 3 rings (SSSR count). The van der Waals surface area contributed by atoms with Crippen molar-refractivity contribution in [3.8, 4) is 0 Å². The van der Waals surface area contributed by atoms with Gasteiger partial charge in [-0.15, -0.1) is 0 Å². The zero-order valence-electron chi connectivity index (χ0n) is 15.7. The van der Waals surface area contributed by atoms with E-state index in [2.05, 4.69) is 20.6 Å². The van der Waals surface area contributed by atoms with Crippen LogP contribution in [0, 0.1) is 13.8 Å². The fourth-order valence-corrected chi connectivity index (χ4v) is 3.28. The Morgan fingerprint density at radius 3 is 2.73 bits per heavy atom. The Bertz CT molecular complexity index is 806. The number of nitrogens with one attached hydrogen (secondary N) is 2. The average Bonchev–Trinajstić information content (AvgIpc) is 3.26. The van der Waals surface area contributed by atoms with E-state index in [0.717, 1.165) is 23.5 Å². The quantitative estimate of drug-likeness (QED) is 0.816. The summed E-state index contributed by atoms with van der Waals surface area (Å²) in [5.41, 5.74) is 3.24. The summed E-state index contributed by atoms with van der Waals surface area (Å²) in [6.07, 6.45) is 1.29. The standard InChI is InChI=1S/C18H26N6O2/c1-11(2)23(9-14-5-6-17(25)19-14)18(26)16-8-15(20-21-16)10-24-13(4)7-12(3)22-24/h7-8,11,14H,5-6,9-10H2,1-4H3,(H,19,25)(H,20,21). The second-order valence-electron chi connectivity index (χ2n) is 7.22. The first-order valence-corrected chi connectivity index (χ1v) is 8.99. The van der Waals surface area contributed by atoms with E-state index in [0.29, 0.717) is 25.2 Å². The van der Waals surface area contributed by atoms with Gasteiger partial charge in [0.05, 0.1) is 17.9 Å². The van der Waals surface area contributed by atoms with E-state index in [1.807, 2.05) is 38.4 Å². The fraction of sp³-hybridized carbons (Fsp3) is 0.556. The summed E-state index contributed by atoms with van der Waals surface area (Å²) < 4.78 is 1.88. The van der Waals surface area contributed by atoms with Crippen molar-refractivity contribution in [2.24, 2.45) is 0 Å². The van der Waals surface area contributed by atoms with Crippen molar-refractivity contribution in [1.82, 2.24) is 30.2 Å². The van der Waals surface area contributed by atoms with Crippen molar-refractivity contribution >= 4 is 11.8 Å². The number of aryl methyl sites for hydroxylation is 2. The van der Waals surface area contributed by atoms with E-state index in [1.54, 1.807) is 11.0 Å². The number of rotatable bonds is 6. The predicted octanol–water partition coefficient (Wildman–Crippen LogP) is 1.40. The molecule has 26 heavy (non-hydrogen) atoms. The monoisotopic (exact) mass is 358 g/mol. The Hall–Kier alpha value is -2.64. The molecule has 0 spiro atoms. The molecule has 3 heterocycles. The van der Waals surface area contributed by atoms with Crippen molar-refractivity contribution in [3.63, 3.8) is 0 Å². The zero-order chi connectivity index (χ0) is 18.8. The summed E-state index contributed by atoms with van der Waals surface area (Å²) in [4.78, 5) is 26.1. The predicted molar refractivity (Wildman–Crippen MR) is 96.7 cm³/mol. The number of hydrogen-bond donors (Lipinski definition) is 2. The number of nitrogens with zero attached hydrogens (tertiary/aromatic N) is 4. The third-order valence-corrected chi connectivity index (χ3v) is 4.66. The smallest absolute Gasteiger partial charge is 0.274 e. The van der Waals surface area contributed by atoms with Gasteiger partial charge in [-0.1, -0.05) is 0 Å². The fourth-order valence-electron chi connectivity index (χ4n) is 3.28. The van der Waals surface area contributed by atoms with Crippen LogP contribution in [-0.2, 0) is 11.3 Å². The van der Waals surface area contributed by atoms with Gasteiger partial charge < -0.3 is 10.2 Å². The van der Waals surface area contributed by atoms with Crippen LogP contribution >= 0.6 is 0 Å². The van der Waals surface area contributed by atoms with Crippen molar-refractivity contribution in [1.29, 1.82) is 0 Å². The number of carbonyl (C=O) groups excluding carboxylic acids is 2. The molecule has 2 N–H and O–H groups in total. The second kappa shape index (κ2) is 7.31. The first-order chi connectivity index (χ1) is 12.3. The van der Waals surface area contributed by atoms with E-state index in [4.69, 9.17) is 0 Å².